The quantitative estimate of drug-likeness (QED) is 0.904. The molecule has 1 aliphatic rings. The van der Waals surface area contributed by atoms with E-state index in [0.29, 0.717) is 0 Å². The molecule has 7 heteroatoms. The molecular formula is C17H22N4O2S. The summed E-state index contributed by atoms with van der Waals surface area (Å²) in [6, 6.07) is 3.73. The van der Waals surface area contributed by atoms with E-state index >= 15 is 0 Å². The van der Waals surface area contributed by atoms with Gasteiger partial charge in [-0.15, -0.1) is 11.3 Å². The molecule has 3 rings (SSSR count). The Balaban J connectivity index is 1.73. The molecule has 0 radical (unpaired) electrons. The largest absolute Gasteiger partial charge is 0.348 e. The van der Waals surface area contributed by atoms with E-state index in [2.05, 4.69) is 10.4 Å². The van der Waals surface area contributed by atoms with Crippen LogP contribution in [0.3, 0.4) is 0 Å². The molecule has 0 aliphatic carbocycles. The Bertz CT molecular complexity index is 710. The predicted octanol–water partition coefficient (Wildman–Crippen LogP) is 2.41. The van der Waals surface area contributed by atoms with Crippen molar-refractivity contribution >= 4 is 23.2 Å². The van der Waals surface area contributed by atoms with E-state index in [4.69, 9.17) is 0 Å². The summed E-state index contributed by atoms with van der Waals surface area (Å²) in [5.74, 6) is -0.0417. The Hall–Kier alpha value is -2.15. The number of nitrogens with zero attached hydrogens (tertiary/aromatic N) is 3. The van der Waals surface area contributed by atoms with Crippen molar-refractivity contribution in [3.05, 3.63) is 40.3 Å². The van der Waals surface area contributed by atoms with E-state index in [9.17, 15) is 9.59 Å². The van der Waals surface area contributed by atoms with Gasteiger partial charge in [-0.3, -0.25) is 14.3 Å². The first-order valence-corrected chi connectivity index (χ1v) is 9.01. The number of aryl methyl sites for hydroxylation is 1. The smallest absolute Gasteiger partial charge is 0.225 e. The second-order valence-corrected chi connectivity index (χ2v) is 7.14. The third-order valence-corrected chi connectivity index (χ3v) is 5.31. The molecule has 1 aliphatic heterocycles. The standard InChI is InChI=1S/C17H22N4O2S/c1-12(22)19-14(16-6-4-8-24-16)9-17(23)21-7-3-5-15(21)13-10-18-20(2)11-13/h4,6,8,10-11,14-15H,3,5,7,9H2,1-2H3,(H,19,22)/t14-,15-/m1/s1. The minimum absolute atomic E-state index is 0.0773. The van der Waals surface area contributed by atoms with Crippen molar-refractivity contribution in [2.75, 3.05) is 6.54 Å². The lowest BCUT2D eigenvalue weighted by molar-refractivity contribution is -0.133. The number of likely N-dealkylation sites (tertiary alicyclic amines) is 1. The number of carbonyl (C=O) groups is 2. The van der Waals surface area contributed by atoms with Crippen LogP contribution < -0.4 is 5.32 Å². The monoisotopic (exact) mass is 346 g/mol. The Kier molecular flexibility index (Phi) is 4.99. The van der Waals surface area contributed by atoms with Crippen LogP contribution in [0.25, 0.3) is 0 Å². The molecule has 3 heterocycles. The van der Waals surface area contributed by atoms with Crippen molar-refractivity contribution in [1.82, 2.24) is 20.0 Å². The summed E-state index contributed by atoms with van der Waals surface area (Å²) in [6.45, 7) is 2.25. The highest BCUT2D eigenvalue weighted by atomic mass is 32.1. The molecule has 2 amide bonds. The van der Waals surface area contributed by atoms with Gasteiger partial charge >= 0.3 is 0 Å². The molecule has 1 N–H and O–H groups in total. The molecular weight excluding hydrogens is 324 g/mol. The Morgan fingerprint density at radius 2 is 2.33 bits per heavy atom. The third-order valence-electron chi connectivity index (χ3n) is 4.33. The number of carbonyl (C=O) groups excluding carboxylic acids is 2. The molecule has 0 aromatic carbocycles. The molecule has 6 nitrogen and oxygen atoms in total. The predicted molar refractivity (Wildman–Crippen MR) is 92.4 cm³/mol. The number of hydrogen-bond donors (Lipinski definition) is 1. The van der Waals surface area contributed by atoms with Gasteiger partial charge in [0.15, 0.2) is 0 Å². The zero-order chi connectivity index (χ0) is 17.1. The maximum Gasteiger partial charge on any atom is 0.225 e. The Morgan fingerprint density at radius 3 is 2.96 bits per heavy atom. The summed E-state index contributed by atoms with van der Waals surface area (Å²) in [4.78, 5) is 27.3. The molecule has 2 aromatic rings. The van der Waals surface area contributed by atoms with Crippen LogP contribution >= 0.6 is 11.3 Å². The Labute approximate surface area is 145 Å². The van der Waals surface area contributed by atoms with Crippen molar-refractivity contribution in [3.8, 4) is 0 Å². The van der Waals surface area contributed by atoms with Gasteiger partial charge in [0.2, 0.25) is 11.8 Å². The first kappa shape index (κ1) is 16.7. The second kappa shape index (κ2) is 7.17. The van der Waals surface area contributed by atoms with Crippen LogP contribution in [0.4, 0.5) is 0 Å². The highest BCUT2D eigenvalue weighted by Gasteiger charge is 2.32. The number of thiophene rings is 1. The van der Waals surface area contributed by atoms with Gasteiger partial charge in [-0.05, 0) is 24.3 Å². The van der Waals surface area contributed by atoms with Crippen LogP contribution in [0.15, 0.2) is 29.9 Å². The molecule has 24 heavy (non-hydrogen) atoms. The van der Waals surface area contributed by atoms with Crippen molar-refractivity contribution in [2.45, 2.75) is 38.3 Å². The third kappa shape index (κ3) is 3.67. The van der Waals surface area contributed by atoms with E-state index < -0.39 is 0 Å². The summed E-state index contributed by atoms with van der Waals surface area (Å²) in [7, 11) is 1.88. The van der Waals surface area contributed by atoms with E-state index in [0.717, 1.165) is 29.8 Å². The van der Waals surface area contributed by atoms with Crippen LogP contribution in [0.5, 0.6) is 0 Å². The molecule has 0 bridgehead atoms. The van der Waals surface area contributed by atoms with E-state index in [-0.39, 0.29) is 30.3 Å². The fourth-order valence-electron chi connectivity index (χ4n) is 3.27. The minimum atomic E-state index is -0.259. The van der Waals surface area contributed by atoms with Gasteiger partial charge in [0.05, 0.1) is 24.7 Å². The average Bonchev–Trinajstić information content (AvgIpc) is 3.27. The van der Waals surface area contributed by atoms with E-state index in [1.165, 1.54) is 6.92 Å². The maximum atomic E-state index is 12.9. The number of aromatic nitrogens is 2. The van der Waals surface area contributed by atoms with Crippen molar-refractivity contribution in [1.29, 1.82) is 0 Å². The lowest BCUT2D eigenvalue weighted by Crippen LogP contribution is -2.35. The highest BCUT2D eigenvalue weighted by Crippen LogP contribution is 2.33. The van der Waals surface area contributed by atoms with E-state index in [1.807, 2.05) is 41.9 Å². The van der Waals surface area contributed by atoms with Gasteiger partial charge in [0.1, 0.15) is 0 Å². The van der Waals surface area contributed by atoms with Gasteiger partial charge in [-0.25, -0.2) is 0 Å². The lowest BCUT2D eigenvalue weighted by atomic mass is 10.1. The normalized spacial score (nSPS) is 18.6. The van der Waals surface area contributed by atoms with Gasteiger partial charge in [-0.1, -0.05) is 6.07 Å². The Morgan fingerprint density at radius 1 is 1.50 bits per heavy atom. The molecule has 1 saturated heterocycles. The van der Waals surface area contributed by atoms with Gasteiger partial charge < -0.3 is 10.2 Å². The molecule has 0 unspecified atom stereocenters. The molecule has 128 valence electrons. The van der Waals surface area contributed by atoms with Gasteiger partial charge in [0, 0.05) is 37.2 Å². The number of hydrogen-bond acceptors (Lipinski definition) is 4. The van der Waals surface area contributed by atoms with Gasteiger partial charge in [-0.2, -0.15) is 5.10 Å². The van der Waals surface area contributed by atoms with Crippen LogP contribution in [0, 0.1) is 0 Å². The summed E-state index contributed by atoms with van der Waals surface area (Å²) >= 11 is 1.56. The van der Waals surface area contributed by atoms with Crippen LogP contribution in [-0.4, -0.2) is 33.0 Å². The maximum absolute atomic E-state index is 12.9. The zero-order valence-corrected chi connectivity index (χ0v) is 14.8. The lowest BCUT2D eigenvalue weighted by Gasteiger charge is -2.26. The summed E-state index contributed by atoms with van der Waals surface area (Å²) < 4.78 is 1.77. The molecule has 2 aromatic heterocycles. The number of nitrogens with one attached hydrogen (secondary N) is 1. The fraction of sp³-hybridized carbons (Fsp3) is 0.471. The minimum Gasteiger partial charge on any atom is -0.348 e. The highest BCUT2D eigenvalue weighted by molar-refractivity contribution is 7.10. The van der Waals surface area contributed by atoms with Crippen LogP contribution in [0.1, 0.15) is 48.7 Å². The van der Waals surface area contributed by atoms with Gasteiger partial charge in [0.25, 0.3) is 0 Å². The first-order valence-electron chi connectivity index (χ1n) is 8.13. The fourth-order valence-corrected chi connectivity index (χ4v) is 4.05. The zero-order valence-electron chi connectivity index (χ0n) is 13.9. The second-order valence-electron chi connectivity index (χ2n) is 6.17. The summed E-state index contributed by atoms with van der Waals surface area (Å²) in [6.07, 6.45) is 6.05. The topological polar surface area (TPSA) is 67.2 Å². The number of rotatable bonds is 5. The van der Waals surface area contributed by atoms with E-state index in [1.54, 1.807) is 16.0 Å². The first-order chi connectivity index (χ1) is 11.5. The summed E-state index contributed by atoms with van der Waals surface area (Å²) in [5, 5.41) is 9.08. The SMILES string of the molecule is CC(=O)N[C@H](CC(=O)N1CCC[C@@H]1c1cnn(C)c1)c1cccs1. The van der Waals surface area contributed by atoms with Crippen molar-refractivity contribution < 1.29 is 9.59 Å². The molecule has 0 spiro atoms. The van der Waals surface area contributed by atoms with Crippen LogP contribution in [-0.2, 0) is 16.6 Å². The molecule has 2 atom stereocenters. The average molecular weight is 346 g/mol. The summed E-state index contributed by atoms with van der Waals surface area (Å²) in [5.41, 5.74) is 1.08. The van der Waals surface area contributed by atoms with Crippen molar-refractivity contribution in [3.63, 3.8) is 0 Å². The molecule has 0 saturated carbocycles. The van der Waals surface area contributed by atoms with Crippen LogP contribution in [0.2, 0.25) is 0 Å². The number of amides is 2. The van der Waals surface area contributed by atoms with Crippen molar-refractivity contribution in [2.24, 2.45) is 7.05 Å². The molecule has 1 fully saturated rings.